The quantitative estimate of drug-likeness (QED) is 0.424. The molecule has 32 heavy (non-hydrogen) atoms. The van der Waals surface area contributed by atoms with E-state index in [2.05, 4.69) is 15.9 Å². The Kier molecular flexibility index (Phi) is 4.74. The molecule has 1 atom stereocenters. The molecule has 0 radical (unpaired) electrons. The molecule has 8 heteroatoms. The minimum absolute atomic E-state index is 0.0776. The highest BCUT2D eigenvalue weighted by Gasteiger charge is 2.44. The normalized spacial score (nSPS) is 15.3. The average Bonchev–Trinajstić information content (AvgIpc) is 3.08. The summed E-state index contributed by atoms with van der Waals surface area (Å²) in [6.07, 6.45) is 0. The molecule has 0 bridgehead atoms. The SMILES string of the molecule is COc1cc(C2c3c(oc4ccc(Br)cc4c3=O)C(=O)N2c2ccc(F)cc2)ccc1O. The predicted octanol–water partition coefficient (Wildman–Crippen LogP) is 5.16. The molecule has 0 saturated heterocycles. The van der Waals surface area contributed by atoms with E-state index in [1.807, 2.05) is 0 Å². The lowest BCUT2D eigenvalue weighted by molar-refractivity contribution is 0.0971. The molecule has 5 rings (SSSR count). The van der Waals surface area contributed by atoms with E-state index in [1.54, 1.807) is 30.3 Å². The number of hydrogen-bond acceptors (Lipinski definition) is 5. The van der Waals surface area contributed by atoms with Crippen molar-refractivity contribution < 1.29 is 23.4 Å². The van der Waals surface area contributed by atoms with E-state index in [9.17, 15) is 19.1 Å². The molecule has 1 aromatic heterocycles. The van der Waals surface area contributed by atoms with E-state index >= 15 is 0 Å². The predicted molar refractivity (Wildman–Crippen MR) is 120 cm³/mol. The Morgan fingerprint density at radius 3 is 2.53 bits per heavy atom. The van der Waals surface area contributed by atoms with Gasteiger partial charge in [-0.05, 0) is 60.2 Å². The molecule has 1 unspecified atom stereocenters. The number of methoxy groups -OCH3 is 1. The summed E-state index contributed by atoms with van der Waals surface area (Å²) in [4.78, 5) is 28.4. The molecule has 160 valence electrons. The fourth-order valence-electron chi connectivity index (χ4n) is 3.99. The number of halogens is 2. The van der Waals surface area contributed by atoms with Crippen molar-refractivity contribution in [3.8, 4) is 11.5 Å². The van der Waals surface area contributed by atoms with Gasteiger partial charge < -0.3 is 14.3 Å². The van der Waals surface area contributed by atoms with Crippen LogP contribution in [-0.2, 0) is 0 Å². The lowest BCUT2D eigenvalue weighted by atomic mass is 9.97. The number of amides is 1. The summed E-state index contributed by atoms with van der Waals surface area (Å²) < 4.78 is 25.4. The van der Waals surface area contributed by atoms with Crippen molar-refractivity contribution in [1.82, 2.24) is 0 Å². The van der Waals surface area contributed by atoms with Gasteiger partial charge >= 0.3 is 0 Å². The standard InChI is InChI=1S/C24H15BrFNO5/c1-31-19-10-12(2-8-17(19)28)21-20-22(29)16-11-13(25)3-9-18(16)32-23(20)24(30)27(21)15-6-4-14(26)5-7-15/h2-11,21,28H,1H3. The maximum atomic E-state index is 13.6. The van der Waals surface area contributed by atoms with E-state index in [4.69, 9.17) is 9.15 Å². The van der Waals surface area contributed by atoms with Crippen molar-refractivity contribution in [3.05, 3.63) is 98.1 Å². The van der Waals surface area contributed by atoms with Crippen LogP contribution in [0.1, 0.15) is 27.7 Å². The van der Waals surface area contributed by atoms with Gasteiger partial charge in [-0.1, -0.05) is 22.0 Å². The van der Waals surface area contributed by atoms with Crippen LogP contribution >= 0.6 is 15.9 Å². The number of nitrogens with zero attached hydrogens (tertiary/aromatic N) is 1. The van der Waals surface area contributed by atoms with Crippen LogP contribution in [0.25, 0.3) is 11.0 Å². The number of hydrogen-bond donors (Lipinski definition) is 1. The van der Waals surface area contributed by atoms with Crippen molar-refractivity contribution in [2.45, 2.75) is 6.04 Å². The molecule has 1 N–H and O–H groups in total. The summed E-state index contributed by atoms with van der Waals surface area (Å²) in [5.74, 6) is -0.943. The molecule has 1 aliphatic rings. The Balaban J connectivity index is 1.82. The van der Waals surface area contributed by atoms with Gasteiger partial charge in [-0.3, -0.25) is 14.5 Å². The van der Waals surface area contributed by atoms with Crippen LogP contribution in [0.3, 0.4) is 0 Å². The zero-order valence-electron chi connectivity index (χ0n) is 16.6. The van der Waals surface area contributed by atoms with Crippen molar-refractivity contribution in [2.24, 2.45) is 0 Å². The topological polar surface area (TPSA) is 80.0 Å². The number of phenolic OH excluding ortho intramolecular Hbond substituents is 1. The van der Waals surface area contributed by atoms with Gasteiger partial charge in [-0.15, -0.1) is 0 Å². The van der Waals surface area contributed by atoms with Crippen molar-refractivity contribution in [3.63, 3.8) is 0 Å². The first-order valence-corrected chi connectivity index (χ1v) is 10.4. The second-order valence-corrected chi connectivity index (χ2v) is 8.22. The van der Waals surface area contributed by atoms with E-state index < -0.39 is 17.8 Å². The third-order valence-electron chi connectivity index (χ3n) is 5.46. The van der Waals surface area contributed by atoms with Gasteiger partial charge in [0.25, 0.3) is 5.91 Å². The lowest BCUT2D eigenvalue weighted by Gasteiger charge is -2.25. The summed E-state index contributed by atoms with van der Waals surface area (Å²) in [6, 6.07) is 14.1. The highest BCUT2D eigenvalue weighted by Crippen LogP contribution is 2.43. The molecule has 2 heterocycles. The van der Waals surface area contributed by atoms with Crippen LogP contribution < -0.4 is 15.1 Å². The zero-order chi connectivity index (χ0) is 22.6. The summed E-state index contributed by atoms with van der Waals surface area (Å²) in [5.41, 5.74) is 1.02. The highest BCUT2D eigenvalue weighted by molar-refractivity contribution is 9.10. The number of carbonyl (C=O) groups is 1. The van der Waals surface area contributed by atoms with E-state index in [0.717, 1.165) is 0 Å². The van der Waals surface area contributed by atoms with E-state index in [0.29, 0.717) is 21.1 Å². The molecule has 0 spiro atoms. The van der Waals surface area contributed by atoms with Crippen molar-refractivity contribution in [1.29, 1.82) is 0 Å². The Morgan fingerprint density at radius 1 is 1.06 bits per heavy atom. The van der Waals surface area contributed by atoms with Gasteiger partial charge in [-0.2, -0.15) is 0 Å². The second-order valence-electron chi connectivity index (χ2n) is 7.30. The number of rotatable bonds is 3. The summed E-state index contributed by atoms with van der Waals surface area (Å²) in [6.45, 7) is 0. The van der Waals surface area contributed by atoms with Crippen LogP contribution in [0, 0.1) is 5.82 Å². The fourth-order valence-corrected chi connectivity index (χ4v) is 4.35. The van der Waals surface area contributed by atoms with Gasteiger partial charge in [-0.25, -0.2) is 4.39 Å². The molecule has 1 aliphatic heterocycles. The Morgan fingerprint density at radius 2 is 1.81 bits per heavy atom. The maximum Gasteiger partial charge on any atom is 0.295 e. The van der Waals surface area contributed by atoms with Crippen LogP contribution in [0.4, 0.5) is 10.1 Å². The number of phenols is 1. The fraction of sp³-hybridized carbons (Fsp3) is 0.0833. The summed E-state index contributed by atoms with van der Waals surface area (Å²) in [7, 11) is 1.41. The van der Waals surface area contributed by atoms with Crippen molar-refractivity contribution >= 4 is 38.5 Å². The molecular formula is C24H15BrFNO5. The summed E-state index contributed by atoms with van der Waals surface area (Å²) >= 11 is 3.36. The van der Waals surface area contributed by atoms with Crippen LogP contribution in [0.2, 0.25) is 0 Å². The number of ether oxygens (including phenoxy) is 1. The van der Waals surface area contributed by atoms with Crippen LogP contribution in [0.15, 0.2) is 74.3 Å². The van der Waals surface area contributed by atoms with Gasteiger partial charge in [0.15, 0.2) is 16.9 Å². The first-order valence-electron chi connectivity index (χ1n) is 9.61. The van der Waals surface area contributed by atoms with Gasteiger partial charge in [0.1, 0.15) is 11.4 Å². The van der Waals surface area contributed by atoms with Crippen LogP contribution in [-0.4, -0.2) is 18.1 Å². The Hall–Kier alpha value is -3.65. The lowest BCUT2D eigenvalue weighted by Crippen LogP contribution is -2.29. The smallest absolute Gasteiger partial charge is 0.295 e. The number of benzene rings is 3. The Labute approximate surface area is 189 Å². The minimum Gasteiger partial charge on any atom is -0.504 e. The first kappa shape index (κ1) is 20.3. The monoisotopic (exact) mass is 495 g/mol. The maximum absolute atomic E-state index is 13.6. The minimum atomic E-state index is -0.864. The largest absolute Gasteiger partial charge is 0.504 e. The molecule has 1 amide bonds. The average molecular weight is 496 g/mol. The van der Waals surface area contributed by atoms with Gasteiger partial charge in [0.05, 0.1) is 24.1 Å². The first-order chi connectivity index (χ1) is 15.4. The third kappa shape index (κ3) is 3.06. The second kappa shape index (κ2) is 7.49. The van der Waals surface area contributed by atoms with E-state index in [-0.39, 0.29) is 33.8 Å². The Bertz CT molecular complexity index is 1450. The zero-order valence-corrected chi connectivity index (χ0v) is 18.2. The van der Waals surface area contributed by atoms with Crippen LogP contribution in [0.5, 0.6) is 11.5 Å². The third-order valence-corrected chi connectivity index (χ3v) is 5.95. The molecule has 0 fully saturated rings. The number of fused-ring (bicyclic) bond motifs is 2. The number of carbonyl (C=O) groups excluding carboxylic acids is 1. The van der Waals surface area contributed by atoms with E-state index in [1.165, 1.54) is 42.3 Å². The number of aromatic hydroxyl groups is 1. The molecule has 4 aromatic rings. The molecule has 0 aliphatic carbocycles. The molecule has 0 saturated carbocycles. The molecule has 3 aromatic carbocycles. The highest BCUT2D eigenvalue weighted by atomic mass is 79.9. The van der Waals surface area contributed by atoms with Gasteiger partial charge in [0, 0.05) is 10.2 Å². The molecular weight excluding hydrogens is 481 g/mol. The molecule has 6 nitrogen and oxygen atoms in total. The van der Waals surface area contributed by atoms with Gasteiger partial charge in [0.2, 0.25) is 5.76 Å². The number of anilines is 1. The summed E-state index contributed by atoms with van der Waals surface area (Å²) in [5, 5.41) is 10.4. The van der Waals surface area contributed by atoms with Crippen molar-refractivity contribution in [2.75, 3.05) is 12.0 Å².